The SMILES string of the molecule is C=CCNCC(=C)c1nc(Cl)c2cc(C)sc2n1. The first-order valence-electron chi connectivity index (χ1n) is 5.55. The molecule has 2 aromatic heterocycles. The molecule has 0 bridgehead atoms. The number of thiophene rings is 1. The van der Waals surface area contributed by atoms with Gasteiger partial charge in [0.05, 0.1) is 0 Å². The summed E-state index contributed by atoms with van der Waals surface area (Å²) in [5.41, 5.74) is 0.826. The summed E-state index contributed by atoms with van der Waals surface area (Å²) >= 11 is 7.77. The highest BCUT2D eigenvalue weighted by Crippen LogP contribution is 2.29. The van der Waals surface area contributed by atoms with Crippen LogP contribution in [0.5, 0.6) is 0 Å². The van der Waals surface area contributed by atoms with E-state index >= 15 is 0 Å². The fraction of sp³-hybridized carbons (Fsp3) is 0.231. The van der Waals surface area contributed by atoms with E-state index < -0.39 is 0 Å². The number of hydrogen-bond acceptors (Lipinski definition) is 4. The molecule has 2 aromatic rings. The van der Waals surface area contributed by atoms with Crippen molar-refractivity contribution in [1.29, 1.82) is 0 Å². The topological polar surface area (TPSA) is 37.8 Å². The van der Waals surface area contributed by atoms with Gasteiger partial charge in [0.25, 0.3) is 0 Å². The molecule has 0 saturated carbocycles. The maximum absolute atomic E-state index is 6.16. The van der Waals surface area contributed by atoms with Crippen LogP contribution in [0.25, 0.3) is 15.8 Å². The van der Waals surface area contributed by atoms with Crippen molar-refractivity contribution >= 4 is 38.7 Å². The van der Waals surface area contributed by atoms with Gasteiger partial charge in [0.1, 0.15) is 9.98 Å². The zero-order chi connectivity index (χ0) is 13.1. The lowest BCUT2D eigenvalue weighted by molar-refractivity contribution is 0.848. The van der Waals surface area contributed by atoms with Gasteiger partial charge in [-0.25, -0.2) is 9.97 Å². The molecular formula is C13H14ClN3S. The molecule has 18 heavy (non-hydrogen) atoms. The molecule has 0 unspecified atom stereocenters. The predicted octanol–water partition coefficient (Wildman–Crippen LogP) is 3.44. The van der Waals surface area contributed by atoms with E-state index in [1.54, 1.807) is 17.4 Å². The van der Waals surface area contributed by atoms with Crippen LogP contribution in [-0.2, 0) is 0 Å². The minimum absolute atomic E-state index is 0.490. The molecule has 3 nitrogen and oxygen atoms in total. The number of rotatable bonds is 5. The second kappa shape index (κ2) is 5.61. The first-order chi connectivity index (χ1) is 8.61. The molecule has 5 heteroatoms. The molecule has 0 amide bonds. The summed E-state index contributed by atoms with van der Waals surface area (Å²) in [5.74, 6) is 0.603. The van der Waals surface area contributed by atoms with Crippen molar-refractivity contribution in [1.82, 2.24) is 15.3 Å². The van der Waals surface area contributed by atoms with Gasteiger partial charge in [-0.05, 0) is 13.0 Å². The van der Waals surface area contributed by atoms with Gasteiger partial charge in [0.15, 0.2) is 5.82 Å². The molecule has 0 aliphatic heterocycles. The van der Waals surface area contributed by atoms with Crippen molar-refractivity contribution < 1.29 is 0 Å². The van der Waals surface area contributed by atoms with E-state index in [1.165, 1.54) is 4.88 Å². The van der Waals surface area contributed by atoms with Crippen LogP contribution in [0, 0.1) is 6.92 Å². The van der Waals surface area contributed by atoms with Gasteiger partial charge < -0.3 is 5.32 Å². The molecule has 0 radical (unpaired) electrons. The molecule has 0 aromatic carbocycles. The molecule has 0 fully saturated rings. The average molecular weight is 280 g/mol. The maximum atomic E-state index is 6.16. The Morgan fingerprint density at radius 3 is 3.06 bits per heavy atom. The van der Waals surface area contributed by atoms with Crippen LogP contribution < -0.4 is 5.32 Å². The van der Waals surface area contributed by atoms with Crippen LogP contribution in [0.15, 0.2) is 25.3 Å². The molecule has 1 N–H and O–H groups in total. The zero-order valence-corrected chi connectivity index (χ0v) is 11.7. The highest BCUT2D eigenvalue weighted by atomic mass is 35.5. The Morgan fingerprint density at radius 1 is 1.56 bits per heavy atom. The summed E-state index contributed by atoms with van der Waals surface area (Å²) in [6.45, 7) is 11.0. The number of nitrogens with zero attached hydrogens (tertiary/aromatic N) is 2. The Hall–Kier alpha value is -1.23. The van der Waals surface area contributed by atoms with Crippen LogP contribution >= 0.6 is 22.9 Å². The van der Waals surface area contributed by atoms with Gasteiger partial charge in [0, 0.05) is 28.9 Å². The van der Waals surface area contributed by atoms with Crippen molar-refractivity contribution in [2.45, 2.75) is 6.92 Å². The smallest absolute Gasteiger partial charge is 0.159 e. The first kappa shape index (κ1) is 13.2. The number of halogens is 1. The van der Waals surface area contributed by atoms with Crippen molar-refractivity contribution in [2.24, 2.45) is 0 Å². The van der Waals surface area contributed by atoms with Gasteiger partial charge in [-0.3, -0.25) is 0 Å². The normalized spacial score (nSPS) is 10.8. The Morgan fingerprint density at radius 2 is 2.33 bits per heavy atom. The van der Waals surface area contributed by atoms with E-state index in [9.17, 15) is 0 Å². The summed E-state index contributed by atoms with van der Waals surface area (Å²) in [6, 6.07) is 2.00. The fourth-order valence-corrected chi connectivity index (χ4v) is 2.73. The van der Waals surface area contributed by atoms with Crippen LogP contribution in [0.3, 0.4) is 0 Å². The summed E-state index contributed by atoms with van der Waals surface area (Å²) in [6.07, 6.45) is 1.80. The second-order valence-electron chi connectivity index (χ2n) is 3.94. The highest BCUT2D eigenvalue weighted by molar-refractivity contribution is 7.18. The molecule has 94 valence electrons. The predicted molar refractivity (Wildman–Crippen MR) is 79.3 cm³/mol. The van der Waals surface area contributed by atoms with Crippen LogP contribution in [0.2, 0.25) is 5.15 Å². The van der Waals surface area contributed by atoms with E-state index in [4.69, 9.17) is 11.6 Å². The summed E-state index contributed by atoms with van der Waals surface area (Å²) < 4.78 is 0. The highest BCUT2D eigenvalue weighted by Gasteiger charge is 2.10. The Labute approximate surface area is 115 Å². The number of aromatic nitrogens is 2. The molecular weight excluding hydrogens is 266 g/mol. The van der Waals surface area contributed by atoms with E-state index in [0.29, 0.717) is 17.5 Å². The number of hydrogen-bond donors (Lipinski definition) is 1. The summed E-state index contributed by atoms with van der Waals surface area (Å²) in [4.78, 5) is 10.9. The third kappa shape index (κ3) is 2.77. The van der Waals surface area contributed by atoms with Gasteiger partial charge in [-0.1, -0.05) is 24.3 Å². The zero-order valence-electron chi connectivity index (χ0n) is 10.2. The third-order valence-electron chi connectivity index (χ3n) is 2.41. The third-order valence-corrected chi connectivity index (χ3v) is 3.65. The first-order valence-corrected chi connectivity index (χ1v) is 6.74. The molecule has 0 saturated heterocycles. The fourth-order valence-electron chi connectivity index (χ4n) is 1.57. The van der Waals surface area contributed by atoms with Crippen molar-refractivity contribution in [3.63, 3.8) is 0 Å². The summed E-state index contributed by atoms with van der Waals surface area (Å²) in [7, 11) is 0. The number of fused-ring (bicyclic) bond motifs is 1. The molecule has 2 heterocycles. The second-order valence-corrected chi connectivity index (χ2v) is 5.53. The molecule has 0 atom stereocenters. The van der Waals surface area contributed by atoms with Gasteiger partial charge in [-0.15, -0.1) is 17.9 Å². The lowest BCUT2D eigenvalue weighted by Crippen LogP contribution is -2.16. The van der Waals surface area contributed by atoms with Crippen molar-refractivity contribution in [3.8, 4) is 0 Å². The largest absolute Gasteiger partial charge is 0.309 e. The van der Waals surface area contributed by atoms with Crippen LogP contribution in [0.4, 0.5) is 0 Å². The van der Waals surface area contributed by atoms with Crippen LogP contribution in [0.1, 0.15) is 10.7 Å². The molecule has 0 aliphatic carbocycles. The lowest BCUT2D eigenvalue weighted by atomic mass is 10.2. The van der Waals surface area contributed by atoms with Crippen molar-refractivity contribution in [3.05, 3.63) is 41.2 Å². The molecule has 0 aliphatic rings. The summed E-state index contributed by atoms with van der Waals surface area (Å²) in [5, 5.41) is 4.57. The average Bonchev–Trinajstić information content (AvgIpc) is 2.70. The van der Waals surface area contributed by atoms with Gasteiger partial charge in [0.2, 0.25) is 0 Å². The monoisotopic (exact) mass is 279 g/mol. The minimum atomic E-state index is 0.490. The quantitative estimate of drug-likeness (QED) is 0.518. The maximum Gasteiger partial charge on any atom is 0.159 e. The Kier molecular flexibility index (Phi) is 4.11. The van der Waals surface area contributed by atoms with Crippen molar-refractivity contribution in [2.75, 3.05) is 13.1 Å². The van der Waals surface area contributed by atoms with Gasteiger partial charge in [-0.2, -0.15) is 0 Å². The lowest BCUT2D eigenvalue weighted by Gasteiger charge is -2.05. The minimum Gasteiger partial charge on any atom is -0.309 e. The standard InChI is InChI=1S/C13H14ClN3S/c1-4-5-15-7-8(2)12-16-11(14)10-6-9(3)18-13(10)17-12/h4,6,15H,1-2,5,7H2,3H3. The Balaban J connectivity index is 2.28. The van der Waals surface area contributed by atoms with Gasteiger partial charge >= 0.3 is 0 Å². The van der Waals surface area contributed by atoms with Crippen LogP contribution in [-0.4, -0.2) is 23.1 Å². The van der Waals surface area contributed by atoms with E-state index in [-0.39, 0.29) is 0 Å². The number of nitrogens with one attached hydrogen (secondary N) is 1. The van der Waals surface area contributed by atoms with E-state index in [1.807, 2.05) is 13.0 Å². The van der Waals surface area contributed by atoms with E-state index in [2.05, 4.69) is 28.4 Å². The molecule has 0 spiro atoms. The Bertz CT molecular complexity index is 604. The number of aryl methyl sites for hydroxylation is 1. The molecule has 2 rings (SSSR count). The van der Waals surface area contributed by atoms with E-state index in [0.717, 1.165) is 22.3 Å².